The van der Waals surface area contributed by atoms with Crippen molar-refractivity contribution in [3.05, 3.63) is 0 Å². The Morgan fingerprint density at radius 3 is 0.885 bits per heavy atom. The molecule has 160 valence electrons. The molecule has 0 bridgehead atoms. The quantitative estimate of drug-likeness (QED) is 0.365. The molecule has 1 saturated heterocycles. The molecule has 0 amide bonds. The maximum absolute atomic E-state index is 6.41. The van der Waals surface area contributed by atoms with Crippen molar-refractivity contribution < 1.29 is 16.7 Å². The van der Waals surface area contributed by atoms with Gasteiger partial charge in [-0.1, -0.05) is 53.4 Å². The van der Waals surface area contributed by atoms with Crippen LogP contribution in [0.15, 0.2) is 0 Å². The van der Waals surface area contributed by atoms with Gasteiger partial charge in [-0.25, -0.2) is 0 Å². The van der Waals surface area contributed by atoms with E-state index in [1.807, 2.05) is 0 Å². The lowest BCUT2D eigenvalue weighted by Gasteiger charge is -2.47. The second kappa shape index (κ2) is 14.5. The van der Waals surface area contributed by atoms with Crippen molar-refractivity contribution in [3.63, 3.8) is 0 Å². The fraction of sp³-hybridized carbons (Fsp3) is 1.00. The van der Waals surface area contributed by atoms with Gasteiger partial charge in [0.2, 0.25) is 0 Å². The van der Waals surface area contributed by atoms with Crippen LogP contribution in [0.3, 0.4) is 0 Å². The van der Waals surface area contributed by atoms with Crippen molar-refractivity contribution in [2.24, 2.45) is 0 Å². The van der Waals surface area contributed by atoms with E-state index in [0.717, 1.165) is 23.0 Å². The number of unbranched alkanes of at least 4 members (excludes halogenated alkanes) is 4. The molecule has 0 aliphatic carbocycles. The van der Waals surface area contributed by atoms with E-state index in [2.05, 4.69) is 27.7 Å². The minimum absolute atomic E-state index is 0.638. The molecule has 6 heteroatoms. The zero-order chi connectivity index (χ0) is 19.1. The molecule has 0 unspecified atom stereocenters. The first kappa shape index (κ1) is 24.6. The molecule has 0 aromatic rings. The van der Waals surface area contributed by atoms with Crippen LogP contribution in [0.4, 0.5) is 0 Å². The van der Waals surface area contributed by atoms with Crippen LogP contribution in [-0.2, 0) is 16.7 Å². The van der Waals surface area contributed by atoms with Crippen molar-refractivity contribution in [2.75, 3.05) is 49.4 Å². The highest BCUT2D eigenvalue weighted by Crippen LogP contribution is 2.55. The van der Waals surface area contributed by atoms with Crippen LogP contribution in [0.25, 0.3) is 0 Å². The lowest BCUT2D eigenvalue weighted by Crippen LogP contribution is -2.26. The summed E-state index contributed by atoms with van der Waals surface area (Å²) in [5.74, 6) is 4.20. The van der Waals surface area contributed by atoms with Gasteiger partial charge in [0.25, 0.3) is 0 Å². The van der Waals surface area contributed by atoms with Crippen LogP contribution in [0.1, 0.15) is 79.1 Å². The number of rotatable bonds is 12. The molecular weight excluding hydrogens is 368 g/mol. The molecule has 0 aromatic carbocycles. The Bertz CT molecular complexity index is 278. The van der Waals surface area contributed by atoms with E-state index < -0.39 is 21.2 Å². The van der Waals surface area contributed by atoms with Crippen molar-refractivity contribution in [1.82, 2.24) is 0 Å². The number of hydrogen-bond donors (Lipinski definition) is 0. The molecule has 4 nitrogen and oxygen atoms in total. The molecular formula is C20H44O4S2. The summed E-state index contributed by atoms with van der Waals surface area (Å²) in [5.41, 5.74) is 0. The molecule has 1 aliphatic heterocycles. The fourth-order valence-corrected chi connectivity index (χ4v) is 8.83. The molecule has 0 radical (unpaired) electrons. The smallest absolute Gasteiger partial charge is 0.0970 e. The van der Waals surface area contributed by atoms with Gasteiger partial charge in [0.1, 0.15) is 0 Å². The standard InChI is InChI=1S/C20H44O4S2/c1-5-9-17-25(18-10-6-2)21-13-15-23-26(19-11-7-3,20-12-8-4)24-16-14-22-25/h5-20H2,1-4H3. The predicted octanol–water partition coefficient (Wildman–Crippen LogP) is 6.54. The summed E-state index contributed by atoms with van der Waals surface area (Å²) in [6.45, 7) is 11.5. The van der Waals surface area contributed by atoms with Gasteiger partial charge in [0, 0.05) is 23.0 Å². The Balaban J connectivity index is 2.72. The van der Waals surface area contributed by atoms with Crippen LogP contribution in [-0.4, -0.2) is 49.4 Å². The van der Waals surface area contributed by atoms with Gasteiger partial charge in [0.15, 0.2) is 0 Å². The van der Waals surface area contributed by atoms with Crippen LogP contribution in [0.5, 0.6) is 0 Å². The largest absolute Gasteiger partial charge is 0.282 e. The maximum atomic E-state index is 6.41. The summed E-state index contributed by atoms with van der Waals surface area (Å²) in [5, 5.41) is 0. The lowest BCUT2D eigenvalue weighted by molar-refractivity contribution is 0.152. The third kappa shape index (κ3) is 9.16. The van der Waals surface area contributed by atoms with E-state index in [-0.39, 0.29) is 0 Å². The van der Waals surface area contributed by atoms with Crippen LogP contribution in [0, 0.1) is 0 Å². The van der Waals surface area contributed by atoms with Gasteiger partial charge >= 0.3 is 0 Å². The number of hydrogen-bond acceptors (Lipinski definition) is 4. The molecule has 0 aromatic heterocycles. The minimum atomic E-state index is -1.44. The van der Waals surface area contributed by atoms with Crippen molar-refractivity contribution >= 4 is 21.2 Å². The molecule has 0 N–H and O–H groups in total. The van der Waals surface area contributed by atoms with Gasteiger partial charge in [-0.05, 0) is 25.7 Å². The normalized spacial score (nSPS) is 23.2. The third-order valence-corrected chi connectivity index (χ3v) is 10.6. The third-order valence-electron chi connectivity index (χ3n) is 4.59. The van der Waals surface area contributed by atoms with E-state index >= 15 is 0 Å². The zero-order valence-electron chi connectivity index (χ0n) is 17.8. The second-order valence-electron chi connectivity index (χ2n) is 7.01. The van der Waals surface area contributed by atoms with Gasteiger partial charge in [-0.2, -0.15) is 21.2 Å². The maximum Gasteiger partial charge on any atom is 0.0970 e. The highest BCUT2D eigenvalue weighted by molar-refractivity contribution is 8.26. The zero-order valence-corrected chi connectivity index (χ0v) is 19.4. The van der Waals surface area contributed by atoms with Crippen LogP contribution < -0.4 is 0 Å². The Labute approximate surface area is 166 Å². The second-order valence-corrected chi connectivity index (χ2v) is 12.6. The molecule has 1 rings (SSSR count). The highest BCUT2D eigenvalue weighted by Gasteiger charge is 2.26. The summed E-state index contributed by atoms with van der Waals surface area (Å²) in [4.78, 5) is 0. The first-order valence-electron chi connectivity index (χ1n) is 10.8. The Hall–Kier alpha value is 0.540. The molecule has 26 heavy (non-hydrogen) atoms. The Morgan fingerprint density at radius 2 is 0.692 bits per heavy atom. The van der Waals surface area contributed by atoms with Crippen molar-refractivity contribution in [2.45, 2.75) is 79.1 Å². The predicted molar refractivity (Wildman–Crippen MR) is 118 cm³/mol. The van der Waals surface area contributed by atoms with Gasteiger partial charge < -0.3 is 0 Å². The first-order chi connectivity index (χ1) is 12.7. The molecule has 0 saturated carbocycles. The van der Waals surface area contributed by atoms with E-state index in [9.17, 15) is 0 Å². The van der Waals surface area contributed by atoms with E-state index in [0.29, 0.717) is 26.4 Å². The monoisotopic (exact) mass is 412 g/mol. The van der Waals surface area contributed by atoms with Gasteiger partial charge in [-0.15, -0.1) is 0 Å². The average Bonchev–Trinajstić information content (AvgIpc) is 2.67. The molecule has 1 heterocycles. The Morgan fingerprint density at radius 1 is 0.462 bits per heavy atom. The summed E-state index contributed by atoms with van der Waals surface area (Å²) in [7, 11) is -2.89. The molecule has 0 spiro atoms. The average molecular weight is 413 g/mol. The fourth-order valence-electron chi connectivity index (χ4n) is 2.94. The summed E-state index contributed by atoms with van der Waals surface area (Å²) < 4.78 is 25.6. The van der Waals surface area contributed by atoms with Crippen molar-refractivity contribution in [3.8, 4) is 0 Å². The lowest BCUT2D eigenvalue weighted by atomic mass is 10.4. The van der Waals surface area contributed by atoms with E-state index in [4.69, 9.17) is 16.7 Å². The highest BCUT2D eigenvalue weighted by atomic mass is 32.3. The first-order valence-corrected chi connectivity index (χ1v) is 14.4. The molecule has 1 aliphatic rings. The van der Waals surface area contributed by atoms with Gasteiger partial charge in [0.05, 0.1) is 26.4 Å². The summed E-state index contributed by atoms with van der Waals surface area (Å²) >= 11 is 0. The molecule has 1 fully saturated rings. The molecule has 0 atom stereocenters. The SMILES string of the molecule is CCCCS1(CCCC)OCCOS(CCCC)(CCCC)OCCO1. The van der Waals surface area contributed by atoms with E-state index in [1.165, 1.54) is 51.4 Å². The van der Waals surface area contributed by atoms with Crippen LogP contribution >= 0.6 is 21.2 Å². The van der Waals surface area contributed by atoms with Gasteiger partial charge in [-0.3, -0.25) is 16.7 Å². The van der Waals surface area contributed by atoms with Crippen molar-refractivity contribution in [1.29, 1.82) is 0 Å². The summed E-state index contributed by atoms with van der Waals surface area (Å²) in [6, 6.07) is 0. The summed E-state index contributed by atoms with van der Waals surface area (Å²) in [6.07, 6.45) is 9.41. The topological polar surface area (TPSA) is 36.9 Å². The minimum Gasteiger partial charge on any atom is -0.282 e. The Kier molecular flexibility index (Phi) is 13.7. The van der Waals surface area contributed by atoms with Crippen LogP contribution in [0.2, 0.25) is 0 Å². The van der Waals surface area contributed by atoms with E-state index in [1.54, 1.807) is 0 Å².